The van der Waals surface area contributed by atoms with E-state index < -0.39 is 0 Å². The van der Waals surface area contributed by atoms with E-state index >= 15 is 0 Å². The fraction of sp³-hybridized carbons (Fsp3) is 0.214. The van der Waals surface area contributed by atoms with Gasteiger partial charge in [0, 0.05) is 6.20 Å². The molecule has 0 amide bonds. The number of hydrogen-bond acceptors (Lipinski definition) is 4. The van der Waals surface area contributed by atoms with Crippen LogP contribution in [0.4, 0.5) is 0 Å². The highest BCUT2D eigenvalue weighted by Crippen LogP contribution is 2.27. The van der Waals surface area contributed by atoms with Crippen molar-refractivity contribution in [3.63, 3.8) is 0 Å². The lowest BCUT2D eigenvalue weighted by Crippen LogP contribution is -2.29. The second kappa shape index (κ2) is 5.62. The quantitative estimate of drug-likeness (QED) is 0.636. The largest absolute Gasteiger partial charge is 0.495 e. The van der Waals surface area contributed by atoms with E-state index in [0.29, 0.717) is 0 Å². The third-order valence-electron chi connectivity index (χ3n) is 2.84. The molecule has 0 spiro atoms. The number of nitrogens with zero attached hydrogens (tertiary/aromatic N) is 1. The van der Waals surface area contributed by atoms with E-state index in [4.69, 9.17) is 10.6 Å². The molecule has 1 unspecified atom stereocenters. The molecule has 4 heteroatoms. The van der Waals surface area contributed by atoms with E-state index in [1.807, 2.05) is 37.3 Å². The highest BCUT2D eigenvalue weighted by molar-refractivity contribution is 5.37. The topological polar surface area (TPSA) is 60.2 Å². The molecule has 0 aliphatic heterocycles. The fourth-order valence-electron chi connectivity index (χ4n) is 1.97. The van der Waals surface area contributed by atoms with Crippen LogP contribution in [0.25, 0.3) is 0 Å². The molecule has 1 aromatic carbocycles. The maximum absolute atomic E-state index is 5.66. The minimum absolute atomic E-state index is 0.180. The van der Waals surface area contributed by atoms with Crippen molar-refractivity contribution in [2.75, 3.05) is 7.11 Å². The van der Waals surface area contributed by atoms with Crippen molar-refractivity contribution in [1.82, 2.24) is 10.4 Å². The number of hydrogen-bond donors (Lipinski definition) is 2. The Morgan fingerprint density at radius 3 is 2.78 bits per heavy atom. The number of nitrogens with one attached hydrogen (secondary N) is 1. The molecule has 2 rings (SSSR count). The molecule has 1 aromatic heterocycles. The van der Waals surface area contributed by atoms with Gasteiger partial charge < -0.3 is 4.74 Å². The van der Waals surface area contributed by atoms with Crippen LogP contribution in [-0.4, -0.2) is 12.1 Å². The summed E-state index contributed by atoms with van der Waals surface area (Å²) in [6.45, 7) is 2.05. The molecule has 4 nitrogen and oxygen atoms in total. The predicted molar refractivity (Wildman–Crippen MR) is 71.1 cm³/mol. The number of hydrazine groups is 1. The van der Waals surface area contributed by atoms with Crippen LogP contribution in [0, 0.1) is 6.92 Å². The number of aryl methyl sites for hydroxylation is 1. The van der Waals surface area contributed by atoms with Crippen LogP contribution in [0.1, 0.15) is 22.9 Å². The van der Waals surface area contributed by atoms with Gasteiger partial charge in [0.25, 0.3) is 0 Å². The van der Waals surface area contributed by atoms with Gasteiger partial charge in [0.1, 0.15) is 11.4 Å². The van der Waals surface area contributed by atoms with Crippen LogP contribution in [-0.2, 0) is 0 Å². The maximum Gasteiger partial charge on any atom is 0.142 e. The Bertz CT molecular complexity index is 528. The zero-order valence-electron chi connectivity index (χ0n) is 10.6. The molecule has 0 fully saturated rings. The number of nitrogens with two attached hydrogens (primary N) is 1. The summed E-state index contributed by atoms with van der Waals surface area (Å²) in [7, 11) is 1.63. The zero-order valence-corrected chi connectivity index (χ0v) is 10.6. The lowest BCUT2D eigenvalue weighted by molar-refractivity contribution is 0.400. The van der Waals surface area contributed by atoms with Crippen molar-refractivity contribution in [2.24, 2.45) is 5.84 Å². The van der Waals surface area contributed by atoms with Crippen LogP contribution < -0.4 is 16.0 Å². The van der Waals surface area contributed by atoms with Gasteiger partial charge in [-0.05, 0) is 24.6 Å². The molecule has 0 saturated heterocycles. The SMILES string of the molecule is COc1cccnc1C(NN)c1cccc(C)c1. The van der Waals surface area contributed by atoms with Gasteiger partial charge in [0.15, 0.2) is 0 Å². The van der Waals surface area contributed by atoms with Crippen LogP contribution in [0.15, 0.2) is 42.6 Å². The second-order valence-electron chi connectivity index (χ2n) is 4.10. The number of pyridine rings is 1. The first kappa shape index (κ1) is 12.5. The molecule has 0 aliphatic carbocycles. The number of methoxy groups -OCH3 is 1. The first-order chi connectivity index (χ1) is 8.76. The Kier molecular flexibility index (Phi) is 3.92. The third-order valence-corrected chi connectivity index (χ3v) is 2.84. The van der Waals surface area contributed by atoms with Crippen LogP contribution in [0.5, 0.6) is 5.75 Å². The average molecular weight is 243 g/mol. The van der Waals surface area contributed by atoms with Gasteiger partial charge in [-0.3, -0.25) is 10.8 Å². The average Bonchev–Trinajstić information content (AvgIpc) is 2.40. The van der Waals surface area contributed by atoms with Crippen molar-refractivity contribution >= 4 is 0 Å². The van der Waals surface area contributed by atoms with E-state index in [9.17, 15) is 0 Å². The normalized spacial score (nSPS) is 12.2. The van der Waals surface area contributed by atoms with Gasteiger partial charge in [-0.25, -0.2) is 5.43 Å². The summed E-state index contributed by atoms with van der Waals surface area (Å²) >= 11 is 0. The predicted octanol–water partition coefficient (Wildman–Crippen LogP) is 1.95. The summed E-state index contributed by atoms with van der Waals surface area (Å²) in [5, 5.41) is 0. The van der Waals surface area contributed by atoms with Gasteiger partial charge in [-0.1, -0.05) is 29.8 Å². The molecule has 0 bridgehead atoms. The number of benzene rings is 1. The summed E-state index contributed by atoms with van der Waals surface area (Å²) in [6, 6.07) is 11.7. The zero-order chi connectivity index (χ0) is 13.0. The summed E-state index contributed by atoms with van der Waals surface area (Å²) < 4.78 is 5.32. The summed E-state index contributed by atoms with van der Waals surface area (Å²) in [6.07, 6.45) is 1.73. The fourth-order valence-corrected chi connectivity index (χ4v) is 1.97. The van der Waals surface area contributed by atoms with E-state index in [1.54, 1.807) is 13.3 Å². The molecule has 1 atom stereocenters. The van der Waals surface area contributed by atoms with Crippen LogP contribution in [0.3, 0.4) is 0 Å². The Morgan fingerprint density at radius 1 is 1.28 bits per heavy atom. The Morgan fingerprint density at radius 2 is 2.11 bits per heavy atom. The Labute approximate surface area is 107 Å². The molecule has 0 aliphatic rings. The summed E-state index contributed by atoms with van der Waals surface area (Å²) in [4.78, 5) is 4.36. The molecule has 0 radical (unpaired) electrons. The maximum atomic E-state index is 5.66. The van der Waals surface area contributed by atoms with E-state index in [1.165, 1.54) is 5.56 Å². The standard InChI is InChI=1S/C14H17N3O/c1-10-5-3-6-11(9-10)13(17-15)14-12(18-2)7-4-8-16-14/h3-9,13,17H,15H2,1-2H3. The first-order valence-electron chi connectivity index (χ1n) is 5.78. The van der Waals surface area contributed by atoms with E-state index in [-0.39, 0.29) is 6.04 Å². The third kappa shape index (κ3) is 2.50. The summed E-state index contributed by atoms with van der Waals surface area (Å²) in [5.74, 6) is 6.39. The van der Waals surface area contributed by atoms with Gasteiger partial charge in [-0.15, -0.1) is 0 Å². The van der Waals surface area contributed by atoms with Gasteiger partial charge in [0.05, 0.1) is 13.2 Å². The van der Waals surface area contributed by atoms with Gasteiger partial charge in [-0.2, -0.15) is 0 Å². The van der Waals surface area contributed by atoms with Crippen molar-refractivity contribution in [3.05, 3.63) is 59.4 Å². The highest BCUT2D eigenvalue weighted by atomic mass is 16.5. The molecule has 0 saturated carbocycles. The minimum atomic E-state index is -0.180. The van der Waals surface area contributed by atoms with Crippen molar-refractivity contribution < 1.29 is 4.74 Å². The van der Waals surface area contributed by atoms with Crippen molar-refractivity contribution in [2.45, 2.75) is 13.0 Å². The number of rotatable bonds is 4. The Balaban J connectivity index is 2.45. The minimum Gasteiger partial charge on any atom is -0.495 e. The molecule has 1 heterocycles. The molecule has 3 N–H and O–H groups in total. The van der Waals surface area contributed by atoms with E-state index in [0.717, 1.165) is 17.0 Å². The number of ether oxygens (including phenoxy) is 1. The lowest BCUT2D eigenvalue weighted by Gasteiger charge is -2.18. The summed E-state index contributed by atoms with van der Waals surface area (Å²) in [5.41, 5.74) is 5.83. The highest BCUT2D eigenvalue weighted by Gasteiger charge is 2.18. The number of aromatic nitrogens is 1. The monoisotopic (exact) mass is 243 g/mol. The smallest absolute Gasteiger partial charge is 0.142 e. The van der Waals surface area contributed by atoms with Gasteiger partial charge in [0.2, 0.25) is 0 Å². The molecular weight excluding hydrogens is 226 g/mol. The Hall–Kier alpha value is -1.91. The van der Waals surface area contributed by atoms with Crippen molar-refractivity contribution in [1.29, 1.82) is 0 Å². The lowest BCUT2D eigenvalue weighted by atomic mass is 10.0. The van der Waals surface area contributed by atoms with Crippen molar-refractivity contribution in [3.8, 4) is 5.75 Å². The molecule has 94 valence electrons. The van der Waals surface area contributed by atoms with Gasteiger partial charge >= 0.3 is 0 Å². The molecular formula is C14H17N3O. The van der Waals surface area contributed by atoms with E-state index in [2.05, 4.69) is 16.5 Å². The molecule has 2 aromatic rings. The second-order valence-corrected chi connectivity index (χ2v) is 4.10. The first-order valence-corrected chi connectivity index (χ1v) is 5.78. The van der Waals surface area contributed by atoms with Crippen LogP contribution in [0.2, 0.25) is 0 Å². The molecule has 18 heavy (non-hydrogen) atoms. The van der Waals surface area contributed by atoms with Crippen LogP contribution >= 0.6 is 0 Å².